The summed E-state index contributed by atoms with van der Waals surface area (Å²) in [6, 6.07) is -0.849. The number of phosphoric acid groups is 1. The van der Waals surface area contributed by atoms with E-state index in [9.17, 15) is 19.0 Å². The number of esters is 1. The maximum absolute atomic E-state index is 13.5. The number of amides is 1. The van der Waals surface area contributed by atoms with Crippen molar-refractivity contribution in [1.29, 1.82) is 0 Å². The molecule has 0 aromatic heterocycles. The van der Waals surface area contributed by atoms with E-state index < -0.39 is 20.0 Å². The zero-order chi connectivity index (χ0) is 50.1. The number of quaternary nitrogens is 1. The molecule has 0 saturated heterocycles. The first kappa shape index (κ1) is 66.0. The van der Waals surface area contributed by atoms with Crippen molar-refractivity contribution in [3.8, 4) is 0 Å². The van der Waals surface area contributed by atoms with Crippen molar-refractivity contribution in [1.82, 2.24) is 5.32 Å². The lowest BCUT2D eigenvalue weighted by Crippen LogP contribution is -2.47. The van der Waals surface area contributed by atoms with Gasteiger partial charge in [-0.05, 0) is 51.0 Å². The molecule has 3 unspecified atom stereocenters. The number of phosphoric ester groups is 1. The summed E-state index contributed by atoms with van der Waals surface area (Å²) < 4.78 is 30.6. The van der Waals surface area contributed by atoms with Gasteiger partial charge in [-0.25, -0.2) is 4.57 Å². The van der Waals surface area contributed by atoms with Gasteiger partial charge in [0.15, 0.2) is 0 Å². The highest BCUT2D eigenvalue weighted by Crippen LogP contribution is 2.43. The normalized spacial score (nSPS) is 14.2. The Morgan fingerprint density at radius 3 is 1.40 bits per heavy atom. The first-order chi connectivity index (χ1) is 32.9. The Morgan fingerprint density at radius 2 is 0.941 bits per heavy atom. The summed E-state index contributed by atoms with van der Waals surface area (Å²) in [5, 5.41) is 3.05. The molecule has 0 bridgehead atoms. The largest absolute Gasteiger partial charge is 0.472 e. The summed E-state index contributed by atoms with van der Waals surface area (Å²) in [7, 11) is 1.49. The number of likely N-dealkylation sites (N-methyl/N-ethyl adjacent to an activating group) is 1. The summed E-state index contributed by atoms with van der Waals surface area (Å²) in [6.07, 6.45) is 58.1. The molecule has 0 radical (unpaired) electrons. The van der Waals surface area contributed by atoms with E-state index in [4.69, 9.17) is 13.8 Å². The fraction of sp³-hybridized carbons (Fsp3) is 0.828. The third-order valence-electron chi connectivity index (χ3n) is 12.6. The van der Waals surface area contributed by atoms with E-state index in [1.54, 1.807) is 0 Å². The van der Waals surface area contributed by atoms with Crippen molar-refractivity contribution >= 4 is 19.7 Å². The smallest absolute Gasteiger partial charge is 0.456 e. The molecule has 0 aromatic carbocycles. The second-order valence-corrected chi connectivity index (χ2v) is 22.0. The van der Waals surface area contributed by atoms with Gasteiger partial charge in [0.05, 0.1) is 33.8 Å². The maximum atomic E-state index is 13.5. The molecule has 2 N–H and O–H groups in total. The van der Waals surface area contributed by atoms with Gasteiger partial charge < -0.3 is 19.4 Å². The quantitative estimate of drug-likeness (QED) is 0.0156. The highest BCUT2D eigenvalue weighted by Gasteiger charge is 2.30. The van der Waals surface area contributed by atoms with Crippen molar-refractivity contribution in [2.45, 2.75) is 270 Å². The number of allylic oxidation sites excluding steroid dienone is 7. The summed E-state index contributed by atoms with van der Waals surface area (Å²) in [5.74, 6) is -0.513. The molecule has 10 heteroatoms. The Kier molecular flexibility index (Phi) is 47.1. The lowest BCUT2D eigenvalue weighted by molar-refractivity contribution is -0.870. The molecule has 0 aliphatic carbocycles. The van der Waals surface area contributed by atoms with Gasteiger partial charge in [0.1, 0.15) is 19.3 Å². The van der Waals surface area contributed by atoms with E-state index in [-0.39, 0.29) is 31.5 Å². The van der Waals surface area contributed by atoms with Crippen LogP contribution in [0.25, 0.3) is 0 Å². The van der Waals surface area contributed by atoms with E-state index in [1.165, 1.54) is 148 Å². The minimum Gasteiger partial charge on any atom is -0.456 e. The minimum absolute atomic E-state index is 0.0389. The van der Waals surface area contributed by atoms with Crippen molar-refractivity contribution in [3.05, 3.63) is 48.6 Å². The van der Waals surface area contributed by atoms with Crippen molar-refractivity contribution in [3.63, 3.8) is 0 Å². The maximum Gasteiger partial charge on any atom is 0.472 e. The number of nitrogens with zero attached hydrogens (tertiary/aromatic N) is 1. The SMILES string of the molecule is CC/C=C/C=C/C=C/CCCCCCCCCC(=O)OC(/C=C/CCCCCCCCCCCC)C(COP(=O)(O)OCC[N+](C)(C)C)NC(=O)CCCCCCCCCCCCCCCCC. The molecule has 0 aliphatic rings. The molecule has 398 valence electrons. The fourth-order valence-electron chi connectivity index (χ4n) is 8.18. The molecular formula is C58H110N2O7P+. The standard InChI is InChI=1S/C58H109N2O7P/c1-7-10-13-16-19-22-25-28-30-32-35-38-41-44-47-50-57(61)59-55(54-66-68(63,64)65-53-52-60(4,5)6)56(49-46-43-40-37-34-27-24-21-18-15-12-9-3)67-58(62)51-48-45-42-39-36-33-31-29-26-23-20-17-14-11-8-2/h11,14,17,20,23,26,46,49,55-56H,7-10,12-13,15-16,18-19,21-22,24-25,27-45,47-48,50-54H2,1-6H3,(H-,59,61,63,64)/p+1/b14-11+,20-17+,26-23+,49-46+. The van der Waals surface area contributed by atoms with Gasteiger partial charge in [-0.15, -0.1) is 0 Å². The summed E-state index contributed by atoms with van der Waals surface area (Å²) >= 11 is 0. The number of nitrogens with one attached hydrogen (secondary N) is 1. The van der Waals surface area contributed by atoms with Gasteiger partial charge in [-0.3, -0.25) is 18.6 Å². The number of carbonyl (C=O) groups is 2. The van der Waals surface area contributed by atoms with Gasteiger partial charge >= 0.3 is 13.8 Å². The lowest BCUT2D eigenvalue weighted by Gasteiger charge is -2.27. The van der Waals surface area contributed by atoms with Crippen LogP contribution in [-0.4, -0.2) is 74.3 Å². The molecule has 0 rings (SSSR count). The fourth-order valence-corrected chi connectivity index (χ4v) is 8.91. The molecule has 0 saturated carbocycles. The highest BCUT2D eigenvalue weighted by molar-refractivity contribution is 7.47. The topological polar surface area (TPSA) is 111 Å². The number of ether oxygens (including phenoxy) is 1. The Hall–Kier alpha value is -2.03. The van der Waals surface area contributed by atoms with Gasteiger partial charge in [0, 0.05) is 12.8 Å². The summed E-state index contributed by atoms with van der Waals surface area (Å²) in [6.45, 7) is 6.88. The zero-order valence-electron chi connectivity index (χ0n) is 45.3. The van der Waals surface area contributed by atoms with E-state index in [0.29, 0.717) is 17.4 Å². The molecule has 0 aromatic rings. The van der Waals surface area contributed by atoms with Crippen LogP contribution in [-0.2, 0) is 27.9 Å². The third-order valence-corrected chi connectivity index (χ3v) is 13.6. The van der Waals surface area contributed by atoms with E-state index in [0.717, 1.165) is 77.0 Å². The lowest BCUT2D eigenvalue weighted by atomic mass is 10.0. The minimum atomic E-state index is -4.44. The monoisotopic (exact) mass is 978 g/mol. The molecule has 0 fully saturated rings. The zero-order valence-corrected chi connectivity index (χ0v) is 46.2. The molecule has 0 heterocycles. The first-order valence-corrected chi connectivity index (χ1v) is 30.0. The van der Waals surface area contributed by atoms with Crippen LogP contribution in [0.2, 0.25) is 0 Å². The summed E-state index contributed by atoms with van der Waals surface area (Å²) in [4.78, 5) is 37.5. The molecule has 9 nitrogen and oxygen atoms in total. The Morgan fingerprint density at radius 1 is 0.529 bits per heavy atom. The summed E-state index contributed by atoms with van der Waals surface area (Å²) in [5.41, 5.74) is 0. The van der Waals surface area contributed by atoms with Crippen LogP contribution >= 0.6 is 7.82 Å². The molecule has 0 spiro atoms. The van der Waals surface area contributed by atoms with Crippen LogP contribution in [0.3, 0.4) is 0 Å². The van der Waals surface area contributed by atoms with Crippen LogP contribution in [0.5, 0.6) is 0 Å². The van der Waals surface area contributed by atoms with Crippen molar-refractivity contribution in [2.75, 3.05) is 40.9 Å². The number of rotatable bonds is 51. The van der Waals surface area contributed by atoms with Crippen molar-refractivity contribution < 1.29 is 37.3 Å². The second kappa shape index (κ2) is 48.6. The number of hydrogen-bond acceptors (Lipinski definition) is 6. The molecule has 68 heavy (non-hydrogen) atoms. The Labute approximate surface area is 420 Å². The first-order valence-electron chi connectivity index (χ1n) is 28.5. The van der Waals surface area contributed by atoms with Crippen molar-refractivity contribution in [2.24, 2.45) is 0 Å². The Balaban J connectivity index is 5.36. The Bertz CT molecular complexity index is 1310. The molecule has 0 aliphatic heterocycles. The van der Waals surface area contributed by atoms with Crippen LogP contribution < -0.4 is 5.32 Å². The van der Waals surface area contributed by atoms with E-state index in [2.05, 4.69) is 62.5 Å². The van der Waals surface area contributed by atoms with Crippen LogP contribution in [0.4, 0.5) is 0 Å². The average Bonchev–Trinajstić information content (AvgIpc) is 3.29. The predicted octanol–water partition coefficient (Wildman–Crippen LogP) is 16.9. The van der Waals surface area contributed by atoms with Gasteiger partial charge in [-0.2, -0.15) is 0 Å². The average molecular weight is 978 g/mol. The number of carbonyl (C=O) groups excluding carboxylic acids is 2. The number of hydrogen-bond donors (Lipinski definition) is 2. The predicted molar refractivity (Wildman–Crippen MR) is 291 cm³/mol. The van der Waals surface area contributed by atoms with E-state index >= 15 is 0 Å². The third kappa shape index (κ3) is 49.0. The van der Waals surface area contributed by atoms with Crippen LogP contribution in [0.15, 0.2) is 48.6 Å². The molecule has 1 amide bonds. The van der Waals surface area contributed by atoms with Crippen LogP contribution in [0.1, 0.15) is 258 Å². The highest BCUT2D eigenvalue weighted by atomic mass is 31.2. The number of unbranched alkanes of at least 4 members (excludes halogenated alkanes) is 31. The van der Waals surface area contributed by atoms with E-state index in [1.807, 2.05) is 33.3 Å². The molecule has 3 atom stereocenters. The van der Waals surface area contributed by atoms with Gasteiger partial charge in [0.2, 0.25) is 5.91 Å². The molecular weight excluding hydrogens is 868 g/mol. The van der Waals surface area contributed by atoms with Gasteiger partial charge in [0.25, 0.3) is 0 Å². The van der Waals surface area contributed by atoms with Crippen LogP contribution in [0, 0.1) is 0 Å². The van der Waals surface area contributed by atoms with Gasteiger partial charge in [-0.1, -0.05) is 243 Å². The second-order valence-electron chi connectivity index (χ2n) is 20.5.